The van der Waals surface area contributed by atoms with Crippen molar-refractivity contribution in [3.05, 3.63) is 74.2 Å². The van der Waals surface area contributed by atoms with Crippen molar-refractivity contribution < 1.29 is 14.5 Å². The third kappa shape index (κ3) is 7.40. The van der Waals surface area contributed by atoms with E-state index in [0.29, 0.717) is 36.2 Å². The van der Waals surface area contributed by atoms with Crippen molar-refractivity contribution in [3.8, 4) is 0 Å². The van der Waals surface area contributed by atoms with Crippen molar-refractivity contribution in [2.45, 2.75) is 32.6 Å². The van der Waals surface area contributed by atoms with E-state index < -0.39 is 4.92 Å². The maximum Gasteiger partial charge on any atom is 0.269 e. The number of halogens is 1. The Morgan fingerprint density at radius 3 is 2.43 bits per heavy atom. The Morgan fingerprint density at radius 1 is 1.07 bits per heavy atom. The van der Waals surface area contributed by atoms with Gasteiger partial charge in [-0.25, -0.2) is 5.43 Å². The van der Waals surface area contributed by atoms with E-state index in [1.807, 2.05) is 18.2 Å². The summed E-state index contributed by atoms with van der Waals surface area (Å²) < 4.78 is 0.753. The van der Waals surface area contributed by atoms with Gasteiger partial charge in [0.25, 0.3) is 11.6 Å². The molecule has 2 aromatic rings. The molecule has 0 aliphatic carbocycles. The minimum Gasteiger partial charge on any atom is -0.352 e. The molecule has 2 aromatic carbocycles. The number of amides is 2. The number of carbonyl (C=O) groups is 2. The molecule has 0 saturated heterocycles. The summed E-state index contributed by atoms with van der Waals surface area (Å²) in [6.07, 6.45) is 2.58. The molecule has 2 N–H and O–H groups in total. The number of carbonyl (C=O) groups excluding carboxylic acids is 2. The van der Waals surface area contributed by atoms with Gasteiger partial charge in [0, 0.05) is 29.6 Å². The standard InChI is InChI=1S/C21H23BrN4O4/c1-15(16-10-12-17(13-11-16)26(29)30)24-25-20(27)9-3-2-6-14-23-21(28)18-7-4-5-8-19(18)22/h4-5,7-8,10-13H,2-3,6,9,14H2,1H3,(H,23,28)(H,25,27). The number of hydrogen-bond acceptors (Lipinski definition) is 5. The average molecular weight is 475 g/mol. The van der Waals surface area contributed by atoms with Crippen LogP contribution in [0.5, 0.6) is 0 Å². The third-order valence-corrected chi connectivity index (χ3v) is 5.02. The maximum atomic E-state index is 12.1. The van der Waals surface area contributed by atoms with Gasteiger partial charge < -0.3 is 5.32 Å². The lowest BCUT2D eigenvalue weighted by molar-refractivity contribution is -0.384. The van der Waals surface area contributed by atoms with E-state index in [1.54, 1.807) is 25.1 Å². The number of hydrogen-bond donors (Lipinski definition) is 2. The normalized spacial score (nSPS) is 11.1. The number of benzene rings is 2. The molecule has 0 heterocycles. The lowest BCUT2D eigenvalue weighted by Gasteiger charge is -2.07. The van der Waals surface area contributed by atoms with Gasteiger partial charge in [-0.3, -0.25) is 19.7 Å². The van der Waals surface area contributed by atoms with Crippen LogP contribution in [0.2, 0.25) is 0 Å². The molecule has 0 bridgehead atoms. The highest BCUT2D eigenvalue weighted by atomic mass is 79.9. The van der Waals surface area contributed by atoms with Crippen LogP contribution in [-0.2, 0) is 4.79 Å². The minimum atomic E-state index is -0.468. The number of nitro benzene ring substituents is 1. The topological polar surface area (TPSA) is 114 Å². The Kier molecular flexibility index (Phi) is 9.14. The van der Waals surface area contributed by atoms with Gasteiger partial charge in [0.15, 0.2) is 0 Å². The Bertz CT molecular complexity index is 929. The zero-order chi connectivity index (χ0) is 21.9. The smallest absolute Gasteiger partial charge is 0.269 e. The van der Waals surface area contributed by atoms with Crippen LogP contribution in [0, 0.1) is 10.1 Å². The zero-order valence-electron chi connectivity index (χ0n) is 16.6. The average Bonchev–Trinajstić information content (AvgIpc) is 2.74. The van der Waals surface area contributed by atoms with Crippen molar-refractivity contribution >= 4 is 39.1 Å². The van der Waals surface area contributed by atoms with Crippen LogP contribution < -0.4 is 10.7 Å². The lowest BCUT2D eigenvalue weighted by Crippen LogP contribution is -2.24. The second-order valence-corrected chi connectivity index (χ2v) is 7.44. The predicted molar refractivity (Wildman–Crippen MR) is 118 cm³/mol. The Labute approximate surface area is 183 Å². The monoisotopic (exact) mass is 474 g/mol. The van der Waals surface area contributed by atoms with Crippen LogP contribution in [0.25, 0.3) is 0 Å². The Morgan fingerprint density at radius 2 is 1.77 bits per heavy atom. The molecule has 0 aliphatic heterocycles. The summed E-state index contributed by atoms with van der Waals surface area (Å²) in [5.41, 5.74) is 4.35. The second-order valence-electron chi connectivity index (χ2n) is 6.58. The molecular formula is C21H23BrN4O4. The molecule has 2 amide bonds. The van der Waals surface area contributed by atoms with E-state index in [4.69, 9.17) is 0 Å². The molecule has 2 rings (SSSR count). The molecule has 0 fully saturated rings. The van der Waals surface area contributed by atoms with Crippen LogP contribution in [0.1, 0.15) is 48.5 Å². The molecule has 9 heteroatoms. The second kappa shape index (κ2) is 11.8. The lowest BCUT2D eigenvalue weighted by atomic mass is 10.1. The largest absolute Gasteiger partial charge is 0.352 e. The summed E-state index contributed by atoms with van der Waals surface area (Å²) in [6, 6.07) is 13.2. The van der Waals surface area contributed by atoms with Gasteiger partial charge in [-0.2, -0.15) is 5.10 Å². The molecule has 0 saturated carbocycles. The zero-order valence-corrected chi connectivity index (χ0v) is 18.1. The molecule has 8 nitrogen and oxygen atoms in total. The molecule has 0 unspecified atom stereocenters. The first-order chi connectivity index (χ1) is 14.4. The van der Waals surface area contributed by atoms with Gasteiger partial charge >= 0.3 is 0 Å². The summed E-state index contributed by atoms with van der Waals surface area (Å²) in [5, 5.41) is 17.6. The van der Waals surface area contributed by atoms with E-state index in [2.05, 4.69) is 31.8 Å². The first-order valence-corrected chi connectivity index (χ1v) is 10.3. The van der Waals surface area contributed by atoms with Crippen molar-refractivity contribution in [1.29, 1.82) is 0 Å². The number of nitrogens with zero attached hydrogens (tertiary/aromatic N) is 2. The van der Waals surface area contributed by atoms with Crippen LogP contribution in [0.15, 0.2) is 58.1 Å². The van der Waals surface area contributed by atoms with Gasteiger partial charge in [-0.1, -0.05) is 18.6 Å². The number of rotatable bonds is 10. The van der Waals surface area contributed by atoms with Gasteiger partial charge in [-0.15, -0.1) is 0 Å². The molecule has 158 valence electrons. The van der Waals surface area contributed by atoms with E-state index in [1.165, 1.54) is 12.1 Å². The summed E-state index contributed by atoms with van der Waals surface area (Å²) in [7, 11) is 0. The maximum absolute atomic E-state index is 12.1. The van der Waals surface area contributed by atoms with Crippen LogP contribution >= 0.6 is 15.9 Å². The van der Waals surface area contributed by atoms with Crippen molar-refractivity contribution in [2.75, 3.05) is 6.54 Å². The van der Waals surface area contributed by atoms with Crippen molar-refractivity contribution in [2.24, 2.45) is 5.10 Å². The van der Waals surface area contributed by atoms with Crippen LogP contribution in [0.4, 0.5) is 5.69 Å². The number of unbranched alkanes of at least 4 members (excludes halogenated alkanes) is 2. The van der Waals surface area contributed by atoms with Gasteiger partial charge in [0.05, 0.1) is 16.2 Å². The fourth-order valence-corrected chi connectivity index (χ4v) is 3.09. The van der Waals surface area contributed by atoms with Gasteiger partial charge in [-0.05, 0) is 65.5 Å². The van der Waals surface area contributed by atoms with Gasteiger partial charge in [0.1, 0.15) is 0 Å². The number of nitrogens with one attached hydrogen (secondary N) is 2. The van der Waals surface area contributed by atoms with Crippen molar-refractivity contribution in [1.82, 2.24) is 10.7 Å². The third-order valence-electron chi connectivity index (χ3n) is 4.33. The van der Waals surface area contributed by atoms with E-state index in [-0.39, 0.29) is 17.5 Å². The molecule has 0 aliphatic rings. The number of nitro groups is 1. The molecule has 0 spiro atoms. The summed E-state index contributed by atoms with van der Waals surface area (Å²) in [4.78, 5) is 34.2. The number of hydrazone groups is 1. The molecule has 30 heavy (non-hydrogen) atoms. The quantitative estimate of drug-likeness (QED) is 0.232. The minimum absolute atomic E-state index is 0.00294. The van der Waals surface area contributed by atoms with Crippen LogP contribution in [-0.4, -0.2) is 29.0 Å². The summed E-state index contributed by atoms with van der Waals surface area (Å²) in [5.74, 6) is -0.329. The summed E-state index contributed by atoms with van der Waals surface area (Å²) in [6.45, 7) is 2.26. The Hall–Kier alpha value is -3.07. The molecule has 0 aromatic heterocycles. The van der Waals surface area contributed by atoms with E-state index in [9.17, 15) is 19.7 Å². The first kappa shape index (κ1) is 23.2. The summed E-state index contributed by atoms with van der Waals surface area (Å²) >= 11 is 3.35. The van der Waals surface area contributed by atoms with Crippen molar-refractivity contribution in [3.63, 3.8) is 0 Å². The predicted octanol–water partition coefficient (Wildman–Crippen LogP) is 4.19. The fraction of sp³-hybridized carbons (Fsp3) is 0.286. The highest BCUT2D eigenvalue weighted by Gasteiger charge is 2.08. The van der Waals surface area contributed by atoms with Crippen LogP contribution in [0.3, 0.4) is 0 Å². The van der Waals surface area contributed by atoms with Gasteiger partial charge in [0.2, 0.25) is 5.91 Å². The van der Waals surface area contributed by atoms with E-state index >= 15 is 0 Å². The Balaban J connectivity index is 1.64. The highest BCUT2D eigenvalue weighted by Crippen LogP contribution is 2.15. The SMILES string of the molecule is CC(=NNC(=O)CCCCCNC(=O)c1ccccc1Br)c1ccc([N+](=O)[O-])cc1. The molecule has 0 atom stereocenters. The number of non-ortho nitro benzene ring substituents is 1. The van der Waals surface area contributed by atoms with E-state index in [0.717, 1.165) is 17.3 Å². The molecular weight excluding hydrogens is 452 g/mol. The fourth-order valence-electron chi connectivity index (χ4n) is 2.62. The molecule has 0 radical (unpaired) electrons. The highest BCUT2D eigenvalue weighted by molar-refractivity contribution is 9.10. The first-order valence-electron chi connectivity index (χ1n) is 9.49.